The summed E-state index contributed by atoms with van der Waals surface area (Å²) in [5.74, 6) is -5.12. The van der Waals surface area contributed by atoms with Gasteiger partial charge in [-0.25, -0.2) is 8.78 Å². The first-order chi connectivity index (χ1) is 20.4. The van der Waals surface area contributed by atoms with E-state index in [0.717, 1.165) is 18.2 Å². The molecule has 0 saturated heterocycles. The quantitative estimate of drug-likeness (QED) is 0.158. The molecule has 3 atom stereocenters. The summed E-state index contributed by atoms with van der Waals surface area (Å²) in [5.41, 5.74) is 5.17. The molecule has 2 aromatic carbocycles. The molecule has 0 aliphatic heterocycles. The molecule has 242 valence electrons. The van der Waals surface area contributed by atoms with E-state index in [2.05, 4.69) is 21.3 Å². The fraction of sp³-hybridized carbons (Fsp3) is 0.484. The first kappa shape index (κ1) is 35.9. The number of halogens is 2. The molecular weight excluding hydrogens is 576 g/mol. The molecule has 13 heteroatoms. The lowest BCUT2D eigenvalue weighted by atomic mass is 9.93. The lowest BCUT2D eigenvalue weighted by Crippen LogP contribution is -2.60. The van der Waals surface area contributed by atoms with Crippen molar-refractivity contribution in [3.63, 3.8) is 0 Å². The Kier molecular flexibility index (Phi) is 12.6. The van der Waals surface area contributed by atoms with Crippen LogP contribution in [-0.4, -0.2) is 64.1 Å². The summed E-state index contributed by atoms with van der Waals surface area (Å²) >= 11 is 0. The van der Waals surface area contributed by atoms with Crippen molar-refractivity contribution < 1.29 is 38.2 Å². The molecule has 0 spiro atoms. The summed E-state index contributed by atoms with van der Waals surface area (Å²) in [6.45, 7) is 10.2. The Morgan fingerprint density at radius 3 is 2.07 bits per heavy atom. The summed E-state index contributed by atoms with van der Waals surface area (Å²) in [7, 11) is 0. The van der Waals surface area contributed by atoms with E-state index in [0.29, 0.717) is 5.56 Å². The fourth-order valence-electron chi connectivity index (χ4n) is 4.54. The number of benzene rings is 2. The Morgan fingerprint density at radius 1 is 0.886 bits per heavy atom. The molecule has 0 fully saturated rings. The van der Waals surface area contributed by atoms with Crippen molar-refractivity contribution in [2.45, 2.75) is 78.0 Å². The number of carbonyl (C=O) groups is 4. The highest BCUT2D eigenvalue weighted by atomic mass is 19.1. The first-order valence-corrected chi connectivity index (χ1v) is 14.3. The summed E-state index contributed by atoms with van der Waals surface area (Å²) in [6, 6.07) is 3.21. The van der Waals surface area contributed by atoms with Gasteiger partial charge in [-0.05, 0) is 74.4 Å². The normalized spacial score (nSPS) is 13.6. The SMILES string of the molecule is CC(C)C[C@H](NC(=O)[C@@H](NC(=O)[C@@H](N)CNC(=O)c1cc(O)ccc1O)C(C)C)C(=O)NC(C)(C)Cc1cc(F)cc(F)c1. The number of phenols is 2. The van der Waals surface area contributed by atoms with Crippen molar-refractivity contribution >= 4 is 23.6 Å². The van der Waals surface area contributed by atoms with Gasteiger partial charge in [0, 0.05) is 18.2 Å². The minimum absolute atomic E-state index is 0.00145. The number of hydrogen-bond donors (Lipinski definition) is 7. The molecule has 8 N–H and O–H groups in total. The minimum Gasteiger partial charge on any atom is -0.508 e. The molecule has 0 saturated carbocycles. The van der Waals surface area contributed by atoms with Crippen LogP contribution >= 0.6 is 0 Å². The number of nitrogens with one attached hydrogen (secondary N) is 4. The topological polar surface area (TPSA) is 183 Å². The number of rotatable bonds is 14. The summed E-state index contributed by atoms with van der Waals surface area (Å²) < 4.78 is 27.4. The summed E-state index contributed by atoms with van der Waals surface area (Å²) in [4.78, 5) is 51.9. The number of nitrogens with two attached hydrogens (primary N) is 1. The highest BCUT2D eigenvalue weighted by Crippen LogP contribution is 2.22. The van der Waals surface area contributed by atoms with E-state index in [4.69, 9.17) is 5.73 Å². The standard InChI is InChI=1S/C31H43F2N5O6/c1-16(2)9-24(29(43)38-31(5,6)14-18-10-19(32)12-20(33)11-18)36-30(44)26(17(3)4)37-28(42)23(34)15-35-27(41)22-13-21(39)7-8-25(22)40/h7-8,10-13,16-17,23-24,26,39-40H,9,14-15,34H2,1-6H3,(H,35,41)(H,36,44)(H,37,42)(H,38,43)/t23-,24-,26-/m0/s1. The van der Waals surface area contributed by atoms with Crippen molar-refractivity contribution in [1.82, 2.24) is 21.3 Å². The van der Waals surface area contributed by atoms with Gasteiger partial charge in [0.1, 0.15) is 41.3 Å². The van der Waals surface area contributed by atoms with Crippen LogP contribution in [0.5, 0.6) is 11.5 Å². The lowest BCUT2D eigenvalue weighted by molar-refractivity contribution is -0.134. The molecule has 0 radical (unpaired) electrons. The fourth-order valence-corrected chi connectivity index (χ4v) is 4.54. The van der Waals surface area contributed by atoms with Crippen molar-refractivity contribution in [3.8, 4) is 11.5 Å². The van der Waals surface area contributed by atoms with Gasteiger partial charge < -0.3 is 37.2 Å². The van der Waals surface area contributed by atoms with Gasteiger partial charge in [-0.3, -0.25) is 19.2 Å². The predicted octanol–water partition coefficient (Wildman–Crippen LogP) is 2.24. The smallest absolute Gasteiger partial charge is 0.255 e. The number of amides is 4. The number of aromatic hydroxyl groups is 2. The van der Waals surface area contributed by atoms with Crippen molar-refractivity contribution in [2.75, 3.05) is 6.54 Å². The third-order valence-electron chi connectivity index (χ3n) is 6.66. The third kappa shape index (κ3) is 11.1. The van der Waals surface area contributed by atoms with Crippen LogP contribution < -0.4 is 27.0 Å². The van der Waals surface area contributed by atoms with Gasteiger partial charge in [0.2, 0.25) is 17.7 Å². The summed E-state index contributed by atoms with van der Waals surface area (Å²) in [6.07, 6.45) is 0.397. The zero-order valence-electron chi connectivity index (χ0n) is 25.8. The lowest BCUT2D eigenvalue weighted by Gasteiger charge is -2.31. The monoisotopic (exact) mass is 619 g/mol. The van der Waals surface area contributed by atoms with E-state index < -0.39 is 64.8 Å². The second-order valence-corrected chi connectivity index (χ2v) is 12.3. The molecular formula is C31H43F2N5O6. The Morgan fingerprint density at radius 2 is 1.50 bits per heavy atom. The van der Waals surface area contributed by atoms with E-state index in [1.54, 1.807) is 27.7 Å². The van der Waals surface area contributed by atoms with E-state index in [1.807, 2.05) is 13.8 Å². The molecule has 11 nitrogen and oxygen atoms in total. The molecule has 2 aromatic rings. The van der Waals surface area contributed by atoms with Gasteiger partial charge in [0.05, 0.1) is 5.56 Å². The van der Waals surface area contributed by atoms with E-state index in [9.17, 15) is 38.2 Å². The zero-order valence-corrected chi connectivity index (χ0v) is 25.8. The highest BCUT2D eigenvalue weighted by molar-refractivity contribution is 5.98. The number of phenolic OH excluding ortho intramolecular Hbond substituents is 2. The maximum atomic E-state index is 13.7. The van der Waals surface area contributed by atoms with E-state index >= 15 is 0 Å². The van der Waals surface area contributed by atoms with Crippen LogP contribution in [0.2, 0.25) is 0 Å². The van der Waals surface area contributed by atoms with E-state index in [-0.39, 0.29) is 42.4 Å². The first-order valence-electron chi connectivity index (χ1n) is 14.3. The molecule has 0 unspecified atom stereocenters. The zero-order chi connectivity index (χ0) is 33.4. The average Bonchev–Trinajstić information content (AvgIpc) is 2.89. The van der Waals surface area contributed by atoms with Crippen LogP contribution in [0.3, 0.4) is 0 Å². The van der Waals surface area contributed by atoms with Crippen molar-refractivity contribution in [3.05, 3.63) is 59.2 Å². The molecule has 0 aromatic heterocycles. The second-order valence-electron chi connectivity index (χ2n) is 12.3. The van der Waals surface area contributed by atoms with Crippen molar-refractivity contribution in [2.24, 2.45) is 17.6 Å². The summed E-state index contributed by atoms with van der Waals surface area (Å²) in [5, 5.41) is 30.0. The second kappa shape index (κ2) is 15.5. The molecule has 0 aliphatic carbocycles. The van der Waals surface area contributed by atoms with Gasteiger partial charge in [-0.15, -0.1) is 0 Å². The van der Waals surface area contributed by atoms with Crippen LogP contribution in [0.4, 0.5) is 8.78 Å². The molecule has 2 rings (SSSR count). The van der Waals surface area contributed by atoms with Gasteiger partial charge in [-0.2, -0.15) is 0 Å². The van der Waals surface area contributed by atoms with Crippen LogP contribution in [-0.2, 0) is 20.8 Å². The maximum absolute atomic E-state index is 13.7. The van der Waals surface area contributed by atoms with Crippen molar-refractivity contribution in [1.29, 1.82) is 0 Å². The molecule has 0 bridgehead atoms. The third-order valence-corrected chi connectivity index (χ3v) is 6.66. The van der Waals surface area contributed by atoms with E-state index in [1.165, 1.54) is 18.2 Å². The van der Waals surface area contributed by atoms with Gasteiger partial charge in [0.15, 0.2) is 0 Å². The Hall–Kier alpha value is -4.26. The van der Waals surface area contributed by atoms with Crippen LogP contribution in [0, 0.1) is 23.5 Å². The van der Waals surface area contributed by atoms with Crippen LogP contribution in [0.1, 0.15) is 63.9 Å². The maximum Gasteiger partial charge on any atom is 0.255 e. The van der Waals surface area contributed by atoms with Gasteiger partial charge >= 0.3 is 0 Å². The molecule has 0 heterocycles. The minimum atomic E-state index is -1.27. The number of hydrogen-bond acceptors (Lipinski definition) is 7. The molecule has 44 heavy (non-hydrogen) atoms. The van der Waals surface area contributed by atoms with Gasteiger partial charge in [-0.1, -0.05) is 27.7 Å². The largest absolute Gasteiger partial charge is 0.508 e. The van der Waals surface area contributed by atoms with Crippen LogP contribution in [0.25, 0.3) is 0 Å². The molecule has 0 aliphatic rings. The predicted molar refractivity (Wildman–Crippen MR) is 161 cm³/mol. The average molecular weight is 620 g/mol. The molecule has 4 amide bonds. The number of carbonyl (C=O) groups excluding carboxylic acids is 4. The Labute approximate surface area is 256 Å². The van der Waals surface area contributed by atoms with Gasteiger partial charge in [0.25, 0.3) is 5.91 Å². The van der Waals surface area contributed by atoms with Crippen LogP contribution in [0.15, 0.2) is 36.4 Å². The highest BCUT2D eigenvalue weighted by Gasteiger charge is 2.32. The Bertz CT molecular complexity index is 1330. The Balaban J connectivity index is 2.07.